The molecule has 3 rings (SSSR count). The van der Waals surface area contributed by atoms with Gasteiger partial charge < -0.3 is 4.74 Å². The normalized spacial score (nSPS) is 17.7. The molecule has 2 aromatic rings. The summed E-state index contributed by atoms with van der Waals surface area (Å²) in [5.74, 6) is 0.539. The highest BCUT2D eigenvalue weighted by Crippen LogP contribution is 2.30. The van der Waals surface area contributed by atoms with Gasteiger partial charge in [-0.2, -0.15) is 0 Å². The molecule has 1 aliphatic heterocycles. The molecule has 2 aromatic carbocycles. The van der Waals surface area contributed by atoms with E-state index >= 15 is 0 Å². The molecule has 0 bridgehead atoms. The van der Waals surface area contributed by atoms with Crippen molar-refractivity contribution in [2.24, 2.45) is 5.92 Å². The standard InChI is InChI=1S/C17H16O2/c1-12-7-8-16-14(9-12)11-15(17(18)19-16)10-13-5-3-2-4-6-13/h2-9,15H,10-11H2,1H3/t15-/m0/s1. The molecule has 0 radical (unpaired) electrons. The lowest BCUT2D eigenvalue weighted by Crippen LogP contribution is -2.29. The largest absolute Gasteiger partial charge is 0.426 e. The summed E-state index contributed by atoms with van der Waals surface area (Å²) in [7, 11) is 0. The lowest BCUT2D eigenvalue weighted by molar-refractivity contribution is -0.140. The number of hydrogen-bond donors (Lipinski definition) is 0. The number of benzene rings is 2. The number of fused-ring (bicyclic) bond motifs is 1. The van der Waals surface area contributed by atoms with E-state index in [9.17, 15) is 4.79 Å². The molecule has 2 heteroatoms. The first-order valence-electron chi connectivity index (χ1n) is 6.57. The first kappa shape index (κ1) is 12.0. The summed E-state index contributed by atoms with van der Waals surface area (Å²) >= 11 is 0. The number of ether oxygens (including phenoxy) is 1. The first-order valence-corrected chi connectivity index (χ1v) is 6.57. The van der Waals surface area contributed by atoms with E-state index in [0.29, 0.717) is 0 Å². The number of hydrogen-bond acceptors (Lipinski definition) is 2. The monoisotopic (exact) mass is 252 g/mol. The molecule has 0 amide bonds. The Morgan fingerprint density at radius 3 is 2.74 bits per heavy atom. The predicted molar refractivity (Wildman–Crippen MR) is 74.2 cm³/mol. The summed E-state index contributed by atoms with van der Waals surface area (Å²) in [6.45, 7) is 2.06. The second kappa shape index (κ2) is 4.88. The van der Waals surface area contributed by atoms with Gasteiger partial charge in [0.15, 0.2) is 0 Å². The quantitative estimate of drug-likeness (QED) is 0.605. The molecule has 96 valence electrons. The van der Waals surface area contributed by atoms with Gasteiger partial charge in [0, 0.05) is 0 Å². The molecule has 0 saturated heterocycles. The lowest BCUT2D eigenvalue weighted by atomic mass is 9.90. The molecule has 0 spiro atoms. The van der Waals surface area contributed by atoms with Crippen LogP contribution in [0.4, 0.5) is 0 Å². The zero-order valence-corrected chi connectivity index (χ0v) is 10.9. The van der Waals surface area contributed by atoms with E-state index in [1.165, 1.54) is 11.1 Å². The average molecular weight is 252 g/mol. The smallest absolute Gasteiger partial charge is 0.315 e. The molecule has 0 aliphatic carbocycles. The Bertz CT molecular complexity index is 602. The highest BCUT2D eigenvalue weighted by atomic mass is 16.5. The van der Waals surface area contributed by atoms with Crippen LogP contribution in [0.15, 0.2) is 48.5 Å². The molecule has 0 N–H and O–H groups in total. The summed E-state index contributed by atoms with van der Waals surface area (Å²) < 4.78 is 5.43. The fourth-order valence-corrected chi connectivity index (χ4v) is 2.56. The second-order valence-corrected chi connectivity index (χ2v) is 5.12. The molecule has 1 atom stereocenters. The second-order valence-electron chi connectivity index (χ2n) is 5.12. The Labute approximate surface area is 113 Å². The number of carbonyl (C=O) groups is 1. The maximum absolute atomic E-state index is 12.0. The maximum atomic E-state index is 12.0. The van der Waals surface area contributed by atoms with Crippen molar-refractivity contribution in [3.63, 3.8) is 0 Å². The number of rotatable bonds is 2. The summed E-state index contributed by atoms with van der Waals surface area (Å²) in [5.41, 5.74) is 3.52. The van der Waals surface area contributed by atoms with Crippen LogP contribution in [-0.2, 0) is 17.6 Å². The van der Waals surface area contributed by atoms with Crippen LogP contribution in [0.5, 0.6) is 5.75 Å². The molecule has 19 heavy (non-hydrogen) atoms. The SMILES string of the molecule is Cc1ccc2c(c1)C[C@H](Cc1ccccc1)C(=O)O2. The number of aryl methyl sites for hydroxylation is 1. The van der Waals surface area contributed by atoms with Crippen LogP contribution in [-0.4, -0.2) is 5.97 Å². The highest BCUT2D eigenvalue weighted by Gasteiger charge is 2.28. The van der Waals surface area contributed by atoms with Crippen LogP contribution in [0.1, 0.15) is 16.7 Å². The first-order chi connectivity index (χ1) is 9.22. The van der Waals surface area contributed by atoms with Gasteiger partial charge >= 0.3 is 5.97 Å². The van der Waals surface area contributed by atoms with Gasteiger partial charge in [-0.3, -0.25) is 4.79 Å². The zero-order chi connectivity index (χ0) is 13.2. The van der Waals surface area contributed by atoms with Crippen molar-refractivity contribution in [2.75, 3.05) is 0 Å². The fraction of sp³-hybridized carbons (Fsp3) is 0.235. The molecule has 0 fully saturated rings. The van der Waals surface area contributed by atoms with Gasteiger partial charge in [-0.15, -0.1) is 0 Å². The van der Waals surface area contributed by atoms with Crippen LogP contribution >= 0.6 is 0 Å². The van der Waals surface area contributed by atoms with Crippen molar-refractivity contribution in [3.8, 4) is 5.75 Å². The van der Waals surface area contributed by atoms with Gasteiger partial charge in [-0.1, -0.05) is 48.0 Å². The van der Waals surface area contributed by atoms with Gasteiger partial charge in [0.2, 0.25) is 0 Å². The zero-order valence-electron chi connectivity index (χ0n) is 10.9. The van der Waals surface area contributed by atoms with Gasteiger partial charge in [-0.25, -0.2) is 0 Å². The molecule has 2 nitrogen and oxygen atoms in total. The lowest BCUT2D eigenvalue weighted by Gasteiger charge is -2.23. The molecule has 1 heterocycles. The molecular weight excluding hydrogens is 236 g/mol. The molecule has 0 saturated carbocycles. The minimum atomic E-state index is -0.111. The van der Waals surface area contributed by atoms with Crippen LogP contribution in [0, 0.1) is 12.8 Å². The Hall–Kier alpha value is -2.09. The van der Waals surface area contributed by atoms with Crippen molar-refractivity contribution < 1.29 is 9.53 Å². The number of esters is 1. The van der Waals surface area contributed by atoms with Crippen molar-refractivity contribution >= 4 is 5.97 Å². The Kier molecular flexibility index (Phi) is 3.08. The van der Waals surface area contributed by atoms with Gasteiger partial charge in [0.05, 0.1) is 5.92 Å². The molecule has 0 unspecified atom stereocenters. The van der Waals surface area contributed by atoms with Crippen molar-refractivity contribution in [1.29, 1.82) is 0 Å². The van der Waals surface area contributed by atoms with Crippen LogP contribution in [0.3, 0.4) is 0 Å². The third-order valence-corrected chi connectivity index (χ3v) is 3.55. The third-order valence-electron chi connectivity index (χ3n) is 3.55. The van der Waals surface area contributed by atoms with E-state index in [1.807, 2.05) is 30.3 Å². The van der Waals surface area contributed by atoms with Crippen LogP contribution in [0.25, 0.3) is 0 Å². The Morgan fingerprint density at radius 2 is 1.95 bits per heavy atom. The third kappa shape index (κ3) is 2.53. The van der Waals surface area contributed by atoms with E-state index in [1.54, 1.807) is 0 Å². The summed E-state index contributed by atoms with van der Waals surface area (Å²) in [6, 6.07) is 16.1. The van der Waals surface area contributed by atoms with E-state index in [4.69, 9.17) is 4.74 Å². The maximum Gasteiger partial charge on any atom is 0.315 e. The van der Waals surface area contributed by atoms with E-state index in [0.717, 1.165) is 24.2 Å². The van der Waals surface area contributed by atoms with Crippen molar-refractivity contribution in [3.05, 3.63) is 65.2 Å². The van der Waals surface area contributed by atoms with Crippen molar-refractivity contribution in [2.45, 2.75) is 19.8 Å². The minimum absolute atomic E-state index is 0.0725. The Balaban J connectivity index is 1.83. The van der Waals surface area contributed by atoms with E-state index in [2.05, 4.69) is 25.1 Å². The molecular formula is C17H16O2. The van der Waals surface area contributed by atoms with Crippen molar-refractivity contribution in [1.82, 2.24) is 0 Å². The number of carbonyl (C=O) groups excluding carboxylic acids is 1. The van der Waals surface area contributed by atoms with Gasteiger partial charge in [0.25, 0.3) is 0 Å². The summed E-state index contributed by atoms with van der Waals surface area (Å²) in [5, 5.41) is 0. The van der Waals surface area contributed by atoms with E-state index < -0.39 is 0 Å². The van der Waals surface area contributed by atoms with E-state index in [-0.39, 0.29) is 11.9 Å². The summed E-state index contributed by atoms with van der Waals surface area (Å²) in [6.07, 6.45) is 1.51. The predicted octanol–water partition coefficient (Wildman–Crippen LogP) is 3.32. The topological polar surface area (TPSA) is 26.3 Å². The van der Waals surface area contributed by atoms with Gasteiger partial charge in [-0.05, 0) is 37.0 Å². The fourth-order valence-electron chi connectivity index (χ4n) is 2.56. The Morgan fingerprint density at radius 1 is 1.16 bits per heavy atom. The van der Waals surface area contributed by atoms with Crippen LogP contribution in [0.2, 0.25) is 0 Å². The summed E-state index contributed by atoms with van der Waals surface area (Å²) in [4.78, 5) is 12.0. The molecule has 1 aliphatic rings. The minimum Gasteiger partial charge on any atom is -0.426 e. The van der Waals surface area contributed by atoms with Crippen LogP contribution < -0.4 is 4.74 Å². The highest BCUT2D eigenvalue weighted by molar-refractivity contribution is 5.78. The van der Waals surface area contributed by atoms with Gasteiger partial charge in [0.1, 0.15) is 5.75 Å². The average Bonchev–Trinajstić information content (AvgIpc) is 2.41. The molecule has 0 aromatic heterocycles.